The smallest absolute Gasteiger partial charge is 0.404 e. The summed E-state index contributed by atoms with van der Waals surface area (Å²) in [4.78, 5) is 23.6. The van der Waals surface area contributed by atoms with Gasteiger partial charge in [0.1, 0.15) is 29.8 Å². The number of nitrogens with one attached hydrogen (secondary N) is 1. The molecule has 2 unspecified atom stereocenters. The molecule has 1 aromatic carbocycles. The standard InChI is InChI=1S/C29H35ClN8O3Si/c1-36-23(13-31)25-22(35-36)8-7-20(26(25)30)21-15-37(16-41-9-10-42(2,3)4)28-27(21)32-14-24(34-28)38-18-5-6-19(38)12-17(11-18)33-29(39)40/h7-8,14-15,17-19,33H,5-6,9-12,16H2,1-4H3,(H,39,40). The van der Waals surface area contributed by atoms with Gasteiger partial charge in [-0.15, -0.1) is 0 Å². The molecule has 2 fully saturated rings. The molecule has 6 rings (SSSR count). The topological polar surface area (TPSA) is 134 Å². The Morgan fingerprint density at radius 3 is 2.64 bits per heavy atom. The quantitative estimate of drug-likeness (QED) is 0.196. The van der Waals surface area contributed by atoms with E-state index in [1.807, 2.05) is 29.1 Å². The van der Waals surface area contributed by atoms with Crippen molar-refractivity contribution in [1.29, 1.82) is 5.26 Å². The number of fused-ring (bicyclic) bond motifs is 4. The number of halogens is 1. The molecule has 1 amide bonds. The lowest BCUT2D eigenvalue weighted by molar-refractivity contribution is 0.0899. The summed E-state index contributed by atoms with van der Waals surface area (Å²) in [6.45, 7) is 7.97. The summed E-state index contributed by atoms with van der Waals surface area (Å²) in [7, 11) is 0.479. The van der Waals surface area contributed by atoms with Gasteiger partial charge >= 0.3 is 6.09 Å². The first-order chi connectivity index (χ1) is 20.0. The van der Waals surface area contributed by atoms with Crippen molar-refractivity contribution in [2.45, 2.75) is 76.2 Å². The van der Waals surface area contributed by atoms with Gasteiger partial charge in [-0.1, -0.05) is 37.3 Å². The zero-order valence-corrected chi connectivity index (χ0v) is 26.0. The number of nitriles is 1. The van der Waals surface area contributed by atoms with Gasteiger partial charge in [0.25, 0.3) is 0 Å². The van der Waals surface area contributed by atoms with Gasteiger partial charge < -0.3 is 24.6 Å². The van der Waals surface area contributed by atoms with E-state index in [-0.39, 0.29) is 18.1 Å². The Bertz CT molecular complexity index is 1710. The average molecular weight is 607 g/mol. The minimum absolute atomic E-state index is 0.0500. The minimum Gasteiger partial charge on any atom is -0.465 e. The van der Waals surface area contributed by atoms with Crippen LogP contribution in [-0.2, 0) is 18.5 Å². The Balaban J connectivity index is 1.40. The van der Waals surface area contributed by atoms with Crippen molar-refractivity contribution < 1.29 is 14.6 Å². The van der Waals surface area contributed by atoms with E-state index in [1.165, 1.54) is 0 Å². The van der Waals surface area contributed by atoms with Crippen molar-refractivity contribution in [3.05, 3.63) is 35.2 Å². The summed E-state index contributed by atoms with van der Waals surface area (Å²) in [6, 6.07) is 7.43. The van der Waals surface area contributed by atoms with E-state index in [2.05, 4.69) is 41.0 Å². The normalized spacial score (nSPS) is 20.4. The number of anilines is 1. The molecule has 3 aromatic heterocycles. The monoisotopic (exact) mass is 606 g/mol. The van der Waals surface area contributed by atoms with Crippen LogP contribution in [0.3, 0.4) is 0 Å². The summed E-state index contributed by atoms with van der Waals surface area (Å²) in [6.07, 6.45) is 6.31. The number of hydrogen-bond donors (Lipinski definition) is 2. The van der Waals surface area contributed by atoms with Gasteiger partial charge in [-0.2, -0.15) is 10.4 Å². The van der Waals surface area contributed by atoms with E-state index in [1.54, 1.807) is 11.7 Å². The van der Waals surface area contributed by atoms with Gasteiger partial charge in [0.2, 0.25) is 0 Å². The lowest BCUT2D eigenvalue weighted by Gasteiger charge is -2.39. The maximum absolute atomic E-state index is 11.3. The van der Waals surface area contributed by atoms with Gasteiger partial charge in [0.05, 0.1) is 22.1 Å². The van der Waals surface area contributed by atoms with Crippen molar-refractivity contribution >= 4 is 53.7 Å². The number of aromatic nitrogens is 5. The summed E-state index contributed by atoms with van der Waals surface area (Å²) >= 11 is 6.96. The molecule has 0 aliphatic carbocycles. The van der Waals surface area contributed by atoms with Crippen LogP contribution < -0.4 is 10.2 Å². The number of aryl methyl sites for hydroxylation is 1. The highest BCUT2D eigenvalue weighted by Gasteiger charge is 2.42. The Morgan fingerprint density at radius 1 is 1.24 bits per heavy atom. The Morgan fingerprint density at radius 2 is 1.98 bits per heavy atom. The lowest BCUT2D eigenvalue weighted by atomic mass is 9.97. The van der Waals surface area contributed by atoms with Gasteiger partial charge in [-0.3, -0.25) is 4.68 Å². The molecule has 11 nitrogen and oxygen atoms in total. The van der Waals surface area contributed by atoms with Gasteiger partial charge in [0, 0.05) is 57.2 Å². The molecule has 2 atom stereocenters. The molecule has 0 saturated carbocycles. The van der Waals surface area contributed by atoms with Crippen LogP contribution in [-0.4, -0.2) is 68.3 Å². The summed E-state index contributed by atoms with van der Waals surface area (Å²) < 4.78 is 9.68. The number of hydrogen-bond acceptors (Lipinski definition) is 7. The van der Waals surface area contributed by atoms with Crippen molar-refractivity contribution in [2.75, 3.05) is 11.5 Å². The van der Waals surface area contributed by atoms with Crippen LogP contribution in [0, 0.1) is 11.3 Å². The molecule has 0 spiro atoms. The van der Waals surface area contributed by atoms with Gasteiger partial charge in [-0.05, 0) is 37.8 Å². The van der Waals surface area contributed by atoms with E-state index in [0.29, 0.717) is 46.1 Å². The van der Waals surface area contributed by atoms with Crippen LogP contribution in [0.2, 0.25) is 30.7 Å². The lowest BCUT2D eigenvalue weighted by Crippen LogP contribution is -2.50. The van der Waals surface area contributed by atoms with Gasteiger partial charge in [-0.25, -0.2) is 14.8 Å². The Kier molecular flexibility index (Phi) is 7.37. The largest absolute Gasteiger partial charge is 0.465 e. The van der Waals surface area contributed by atoms with Crippen LogP contribution in [0.1, 0.15) is 31.4 Å². The first-order valence-electron chi connectivity index (χ1n) is 14.3. The highest BCUT2D eigenvalue weighted by molar-refractivity contribution is 6.76. The van der Waals surface area contributed by atoms with E-state index in [9.17, 15) is 15.2 Å². The molecule has 2 N–H and O–H groups in total. The third-order valence-electron chi connectivity index (χ3n) is 8.44. The van der Waals surface area contributed by atoms with Crippen LogP contribution in [0.25, 0.3) is 33.2 Å². The Hall–Kier alpha value is -3.66. The molecule has 0 radical (unpaired) electrons. The third kappa shape index (κ3) is 5.21. The second kappa shape index (κ2) is 10.9. The summed E-state index contributed by atoms with van der Waals surface area (Å²) in [5.41, 5.74) is 4.02. The predicted octanol–water partition coefficient (Wildman–Crippen LogP) is 5.59. The molecule has 5 heterocycles. The maximum atomic E-state index is 11.3. The first kappa shape index (κ1) is 28.5. The number of rotatable bonds is 8. The zero-order valence-electron chi connectivity index (χ0n) is 24.3. The fraction of sp³-hybridized carbons (Fsp3) is 0.483. The maximum Gasteiger partial charge on any atom is 0.404 e. The zero-order chi connectivity index (χ0) is 29.8. The molecular formula is C29H35ClN8O3Si. The molecule has 2 bridgehead atoms. The highest BCUT2D eigenvalue weighted by Crippen LogP contribution is 2.41. The molecule has 2 aliphatic rings. The fourth-order valence-corrected chi connectivity index (χ4v) is 7.54. The summed E-state index contributed by atoms with van der Waals surface area (Å²) in [5.74, 6) is 0.789. The molecule has 2 aliphatic heterocycles. The van der Waals surface area contributed by atoms with E-state index in [4.69, 9.17) is 26.3 Å². The highest BCUT2D eigenvalue weighted by atomic mass is 35.5. The van der Waals surface area contributed by atoms with Crippen LogP contribution in [0.5, 0.6) is 0 Å². The number of nitrogens with zero attached hydrogens (tertiary/aromatic N) is 7. The molecule has 4 aromatic rings. The number of carbonyl (C=O) groups is 1. The van der Waals surface area contributed by atoms with Crippen LogP contribution in [0.15, 0.2) is 24.5 Å². The molecule has 220 valence electrons. The number of piperidine rings is 1. The van der Waals surface area contributed by atoms with Crippen molar-refractivity contribution in [3.8, 4) is 17.2 Å². The minimum atomic E-state index is -1.26. The summed E-state index contributed by atoms with van der Waals surface area (Å²) in [5, 5.41) is 27.2. The predicted molar refractivity (Wildman–Crippen MR) is 165 cm³/mol. The second-order valence-corrected chi connectivity index (χ2v) is 18.6. The number of benzene rings is 1. The van der Waals surface area contributed by atoms with Crippen molar-refractivity contribution in [3.63, 3.8) is 0 Å². The average Bonchev–Trinajstić information content (AvgIpc) is 3.54. The van der Waals surface area contributed by atoms with Crippen LogP contribution in [0.4, 0.5) is 10.6 Å². The van der Waals surface area contributed by atoms with E-state index < -0.39 is 14.2 Å². The van der Waals surface area contributed by atoms with Crippen molar-refractivity contribution in [1.82, 2.24) is 29.6 Å². The molecule has 2 saturated heterocycles. The number of ether oxygens (including phenoxy) is 1. The third-order valence-corrected chi connectivity index (χ3v) is 10.5. The van der Waals surface area contributed by atoms with Gasteiger partial charge in [0.15, 0.2) is 5.65 Å². The molecule has 13 heteroatoms. The first-order valence-corrected chi connectivity index (χ1v) is 18.4. The molecule has 42 heavy (non-hydrogen) atoms. The molecular weight excluding hydrogens is 572 g/mol. The van der Waals surface area contributed by atoms with E-state index >= 15 is 0 Å². The van der Waals surface area contributed by atoms with Crippen LogP contribution >= 0.6 is 11.6 Å². The van der Waals surface area contributed by atoms with E-state index in [0.717, 1.165) is 48.7 Å². The SMILES string of the molecule is Cn1nc2ccc(-c3cn(COCC[Si](C)(C)C)c4nc(N5C6CCC5CC(NC(=O)O)C6)cnc34)c(Cl)c2c1C#N. The van der Waals surface area contributed by atoms with Crippen molar-refractivity contribution in [2.24, 2.45) is 7.05 Å². The number of amides is 1. The fourth-order valence-electron chi connectivity index (χ4n) is 6.43. The Labute approximate surface area is 250 Å². The second-order valence-electron chi connectivity index (χ2n) is 12.6. The number of carboxylic acid groups (broad SMARTS) is 1.